The number of hydrogen-bond acceptors (Lipinski definition) is 3. The molecule has 0 aliphatic carbocycles. The fourth-order valence-electron chi connectivity index (χ4n) is 3.01. The Labute approximate surface area is 148 Å². The number of benzene rings is 2. The van der Waals surface area contributed by atoms with E-state index in [0.717, 1.165) is 5.69 Å². The van der Waals surface area contributed by atoms with E-state index in [4.69, 9.17) is 0 Å². The van der Waals surface area contributed by atoms with Gasteiger partial charge in [0.15, 0.2) is 0 Å². The predicted octanol–water partition coefficient (Wildman–Crippen LogP) is 2.47. The Morgan fingerprint density at radius 2 is 1.44 bits per heavy atom. The normalized spacial score (nSPS) is 16.3. The summed E-state index contributed by atoms with van der Waals surface area (Å²) in [6.07, 6.45) is 0. The lowest BCUT2D eigenvalue weighted by Gasteiger charge is -2.37. The summed E-state index contributed by atoms with van der Waals surface area (Å²) in [5, 5.41) is 2.94. The van der Waals surface area contributed by atoms with Crippen molar-refractivity contribution >= 4 is 17.5 Å². The number of anilines is 1. The van der Waals surface area contributed by atoms with E-state index >= 15 is 0 Å². The van der Waals surface area contributed by atoms with Crippen molar-refractivity contribution in [1.29, 1.82) is 0 Å². The average molecular weight is 337 g/mol. The van der Waals surface area contributed by atoms with Crippen molar-refractivity contribution in [2.75, 3.05) is 31.5 Å². The van der Waals surface area contributed by atoms with Crippen LogP contribution in [0.5, 0.6) is 0 Å². The van der Waals surface area contributed by atoms with Crippen LogP contribution in [0.4, 0.5) is 5.69 Å². The molecular formula is C20H23N3O2. The molecule has 2 amide bonds. The van der Waals surface area contributed by atoms with Gasteiger partial charge in [0.1, 0.15) is 0 Å². The van der Waals surface area contributed by atoms with Crippen molar-refractivity contribution in [3.8, 4) is 0 Å². The van der Waals surface area contributed by atoms with Gasteiger partial charge in [0.25, 0.3) is 5.91 Å². The molecule has 1 saturated heterocycles. The number of para-hydroxylation sites is 1. The van der Waals surface area contributed by atoms with Crippen LogP contribution in [0, 0.1) is 0 Å². The second kappa shape index (κ2) is 7.94. The number of rotatable bonds is 4. The lowest BCUT2D eigenvalue weighted by molar-refractivity contribution is -0.121. The van der Waals surface area contributed by atoms with Crippen LogP contribution in [0.15, 0.2) is 60.7 Å². The zero-order valence-electron chi connectivity index (χ0n) is 14.4. The van der Waals surface area contributed by atoms with E-state index in [9.17, 15) is 9.59 Å². The van der Waals surface area contributed by atoms with Gasteiger partial charge in [-0.05, 0) is 31.2 Å². The molecule has 130 valence electrons. The zero-order chi connectivity index (χ0) is 17.6. The third kappa shape index (κ3) is 4.25. The minimum atomic E-state index is -0.228. The zero-order valence-corrected chi connectivity index (χ0v) is 14.4. The first kappa shape index (κ1) is 17.2. The molecule has 0 radical (unpaired) electrons. The van der Waals surface area contributed by atoms with Crippen molar-refractivity contribution in [1.82, 2.24) is 9.80 Å². The molecule has 5 heteroatoms. The molecule has 0 spiro atoms. The standard InChI is InChI=1S/C20H23N3O2/c1-16(19(24)21-18-10-6-3-7-11-18)22-12-14-23(15-13-22)20(25)17-8-4-2-5-9-17/h2-11,16H,12-15H2,1H3,(H,21,24). The second-order valence-electron chi connectivity index (χ2n) is 6.23. The van der Waals surface area contributed by atoms with E-state index in [1.54, 1.807) is 0 Å². The molecule has 1 atom stereocenters. The van der Waals surface area contributed by atoms with Crippen LogP contribution in [0.25, 0.3) is 0 Å². The molecule has 2 aromatic carbocycles. The smallest absolute Gasteiger partial charge is 0.253 e. The first-order valence-electron chi connectivity index (χ1n) is 8.59. The number of hydrogen-bond donors (Lipinski definition) is 1. The van der Waals surface area contributed by atoms with Gasteiger partial charge >= 0.3 is 0 Å². The van der Waals surface area contributed by atoms with E-state index < -0.39 is 0 Å². The molecule has 1 unspecified atom stereocenters. The van der Waals surface area contributed by atoms with Gasteiger partial charge in [-0.1, -0.05) is 36.4 Å². The molecule has 1 heterocycles. The lowest BCUT2D eigenvalue weighted by atomic mass is 10.1. The average Bonchev–Trinajstić information content (AvgIpc) is 2.68. The fraction of sp³-hybridized carbons (Fsp3) is 0.300. The fourth-order valence-corrected chi connectivity index (χ4v) is 3.01. The first-order valence-corrected chi connectivity index (χ1v) is 8.59. The summed E-state index contributed by atoms with van der Waals surface area (Å²) in [5.41, 5.74) is 1.52. The summed E-state index contributed by atoms with van der Waals surface area (Å²) < 4.78 is 0. The van der Waals surface area contributed by atoms with Gasteiger partial charge in [0.2, 0.25) is 5.91 Å². The minimum Gasteiger partial charge on any atom is -0.336 e. The Hall–Kier alpha value is -2.66. The lowest BCUT2D eigenvalue weighted by Crippen LogP contribution is -2.54. The van der Waals surface area contributed by atoms with Crippen molar-refractivity contribution < 1.29 is 9.59 Å². The van der Waals surface area contributed by atoms with E-state index in [2.05, 4.69) is 10.2 Å². The van der Waals surface area contributed by atoms with Crippen LogP contribution in [0.3, 0.4) is 0 Å². The van der Waals surface area contributed by atoms with Crippen LogP contribution in [-0.2, 0) is 4.79 Å². The molecule has 5 nitrogen and oxygen atoms in total. The number of amides is 2. The molecule has 0 saturated carbocycles. The Kier molecular flexibility index (Phi) is 5.46. The Bertz CT molecular complexity index is 710. The molecule has 2 aromatic rings. The van der Waals surface area contributed by atoms with E-state index in [-0.39, 0.29) is 17.9 Å². The summed E-state index contributed by atoms with van der Waals surface area (Å²) >= 11 is 0. The number of piperazine rings is 1. The number of nitrogens with zero attached hydrogens (tertiary/aromatic N) is 2. The maximum absolute atomic E-state index is 12.5. The molecule has 1 aliphatic heterocycles. The van der Waals surface area contributed by atoms with Crippen LogP contribution >= 0.6 is 0 Å². The molecule has 1 fully saturated rings. The summed E-state index contributed by atoms with van der Waals surface area (Å²) in [7, 11) is 0. The predicted molar refractivity (Wildman–Crippen MR) is 98.5 cm³/mol. The highest BCUT2D eigenvalue weighted by molar-refractivity contribution is 5.95. The topological polar surface area (TPSA) is 52.7 Å². The van der Waals surface area contributed by atoms with Gasteiger partial charge in [0, 0.05) is 37.4 Å². The minimum absolute atomic E-state index is 0.0194. The van der Waals surface area contributed by atoms with Crippen LogP contribution in [0.1, 0.15) is 17.3 Å². The Morgan fingerprint density at radius 1 is 0.880 bits per heavy atom. The highest BCUT2D eigenvalue weighted by Gasteiger charge is 2.27. The van der Waals surface area contributed by atoms with E-state index in [0.29, 0.717) is 31.7 Å². The van der Waals surface area contributed by atoms with Crippen LogP contribution in [0.2, 0.25) is 0 Å². The maximum Gasteiger partial charge on any atom is 0.253 e. The molecule has 0 bridgehead atoms. The van der Waals surface area contributed by atoms with E-state index in [1.807, 2.05) is 72.5 Å². The second-order valence-corrected chi connectivity index (χ2v) is 6.23. The van der Waals surface area contributed by atoms with Crippen LogP contribution < -0.4 is 5.32 Å². The first-order chi connectivity index (χ1) is 12.1. The maximum atomic E-state index is 12.5. The third-order valence-corrected chi connectivity index (χ3v) is 4.59. The molecule has 25 heavy (non-hydrogen) atoms. The highest BCUT2D eigenvalue weighted by Crippen LogP contribution is 2.13. The number of carbonyl (C=O) groups is 2. The van der Waals surface area contributed by atoms with Crippen LogP contribution in [-0.4, -0.2) is 53.8 Å². The number of nitrogens with one attached hydrogen (secondary N) is 1. The molecule has 0 aromatic heterocycles. The Morgan fingerprint density at radius 3 is 2.04 bits per heavy atom. The van der Waals surface area contributed by atoms with Crippen molar-refractivity contribution in [3.63, 3.8) is 0 Å². The quantitative estimate of drug-likeness (QED) is 0.932. The van der Waals surface area contributed by atoms with Gasteiger partial charge in [-0.25, -0.2) is 0 Å². The SMILES string of the molecule is CC(C(=O)Nc1ccccc1)N1CCN(C(=O)c2ccccc2)CC1. The molecule has 3 rings (SSSR count). The molecule has 1 aliphatic rings. The van der Waals surface area contributed by atoms with Crippen molar-refractivity contribution in [2.24, 2.45) is 0 Å². The third-order valence-electron chi connectivity index (χ3n) is 4.59. The van der Waals surface area contributed by atoms with Gasteiger partial charge in [-0.2, -0.15) is 0 Å². The van der Waals surface area contributed by atoms with Crippen molar-refractivity contribution in [2.45, 2.75) is 13.0 Å². The number of carbonyl (C=O) groups excluding carboxylic acids is 2. The summed E-state index contributed by atoms with van der Waals surface area (Å²) in [6.45, 7) is 4.57. The Balaban J connectivity index is 1.53. The van der Waals surface area contributed by atoms with Gasteiger partial charge in [0.05, 0.1) is 6.04 Å². The molecule has 1 N–H and O–H groups in total. The van der Waals surface area contributed by atoms with Gasteiger partial charge in [-0.3, -0.25) is 14.5 Å². The van der Waals surface area contributed by atoms with E-state index in [1.165, 1.54) is 0 Å². The highest BCUT2D eigenvalue weighted by atomic mass is 16.2. The van der Waals surface area contributed by atoms with Gasteiger partial charge in [-0.15, -0.1) is 0 Å². The van der Waals surface area contributed by atoms with Crippen molar-refractivity contribution in [3.05, 3.63) is 66.2 Å². The molecular weight excluding hydrogens is 314 g/mol. The summed E-state index contributed by atoms with van der Waals surface area (Å²) in [6, 6.07) is 18.6. The summed E-state index contributed by atoms with van der Waals surface area (Å²) in [4.78, 5) is 28.9. The largest absolute Gasteiger partial charge is 0.336 e. The van der Waals surface area contributed by atoms with Gasteiger partial charge < -0.3 is 10.2 Å². The summed E-state index contributed by atoms with van der Waals surface area (Å²) in [5.74, 6) is 0.0377. The monoisotopic (exact) mass is 337 g/mol.